The summed E-state index contributed by atoms with van der Waals surface area (Å²) in [4.78, 5) is 2.56. The van der Waals surface area contributed by atoms with Crippen LogP contribution in [0, 0.1) is 0 Å². The lowest BCUT2D eigenvalue weighted by molar-refractivity contribution is 0.748. The molecular formula is C74H46N2. The largest absolute Gasteiger partial charge is 0.310 e. The van der Waals surface area contributed by atoms with E-state index in [4.69, 9.17) is 0 Å². The molecule has 0 radical (unpaired) electrons. The van der Waals surface area contributed by atoms with E-state index in [-0.39, 0.29) is 0 Å². The minimum atomic E-state index is -0.601. The van der Waals surface area contributed by atoms with Gasteiger partial charge in [-0.2, -0.15) is 0 Å². The van der Waals surface area contributed by atoms with E-state index in [0.29, 0.717) is 0 Å². The van der Waals surface area contributed by atoms with E-state index in [9.17, 15) is 0 Å². The molecule has 12 aromatic carbocycles. The maximum Gasteiger partial charge on any atom is 0.0755 e. The number of benzene rings is 12. The van der Waals surface area contributed by atoms with Crippen molar-refractivity contribution in [1.29, 1.82) is 0 Å². The zero-order valence-electron chi connectivity index (χ0n) is 41.5. The van der Waals surface area contributed by atoms with E-state index in [2.05, 4.69) is 289 Å². The summed E-state index contributed by atoms with van der Waals surface area (Å²) < 4.78 is 2.54. The summed E-state index contributed by atoms with van der Waals surface area (Å²) in [7, 11) is 0. The van der Waals surface area contributed by atoms with E-state index in [1.165, 1.54) is 128 Å². The topological polar surface area (TPSA) is 8.17 Å². The minimum absolute atomic E-state index is 0.483. The Morgan fingerprint density at radius 2 is 0.724 bits per heavy atom. The standard InChI is InChI=1S/C74H46N2/c1-2-18-47(19-3-1)48-36-38-49(39-37-48)50-40-42-51(43-41-50)75(70-35-17-31-65-71(70)59-24-7-12-29-63(59)73(65)60-26-9-4-20-53(60)54-21-5-10-27-61(54)73)52-44-45-56-55-22-6-11-28-62(55)74(67(56)46-52)64-30-13-15-34-69(64)76-68-33-14-8-23-57(68)58-25-16-32-66(74)72(58)76/h1-46H. The van der Waals surface area contributed by atoms with Gasteiger partial charge in [0.25, 0.3) is 0 Å². The Morgan fingerprint density at radius 3 is 1.39 bits per heavy atom. The molecule has 76 heavy (non-hydrogen) atoms. The number of hydrogen-bond donors (Lipinski definition) is 0. The molecule has 0 saturated heterocycles. The van der Waals surface area contributed by atoms with Crippen LogP contribution in [-0.2, 0) is 10.8 Å². The number of aromatic nitrogens is 1. The van der Waals surface area contributed by atoms with Crippen LogP contribution in [0.25, 0.3) is 83.1 Å². The van der Waals surface area contributed by atoms with Gasteiger partial charge in [-0.05, 0) is 137 Å². The average Bonchev–Trinajstić information content (AvgIpc) is 3.52. The van der Waals surface area contributed by atoms with Crippen LogP contribution in [0.2, 0.25) is 0 Å². The van der Waals surface area contributed by atoms with Crippen molar-refractivity contribution in [1.82, 2.24) is 4.57 Å². The van der Waals surface area contributed by atoms with Crippen molar-refractivity contribution in [3.63, 3.8) is 0 Å². The molecule has 352 valence electrons. The van der Waals surface area contributed by atoms with Gasteiger partial charge in [0.2, 0.25) is 0 Å². The van der Waals surface area contributed by atoms with Gasteiger partial charge in [0.15, 0.2) is 0 Å². The number of hydrogen-bond acceptors (Lipinski definition) is 1. The molecule has 1 unspecified atom stereocenters. The Bertz CT molecular complexity index is 4530. The lowest BCUT2D eigenvalue weighted by Gasteiger charge is -2.40. The molecule has 1 aromatic heterocycles. The second kappa shape index (κ2) is 15.4. The summed E-state index contributed by atoms with van der Waals surface area (Å²) in [5.74, 6) is 0. The number of fused-ring (bicyclic) bond motifs is 22. The van der Waals surface area contributed by atoms with Crippen molar-refractivity contribution in [2.75, 3.05) is 4.90 Å². The zero-order valence-corrected chi connectivity index (χ0v) is 41.5. The first-order valence-corrected chi connectivity index (χ1v) is 26.6. The highest BCUT2D eigenvalue weighted by atomic mass is 15.1. The Hall–Kier alpha value is -9.76. The van der Waals surface area contributed by atoms with Gasteiger partial charge in [0.05, 0.1) is 33.2 Å². The molecule has 0 amide bonds. The van der Waals surface area contributed by atoms with E-state index in [0.717, 1.165) is 17.1 Å². The molecular weight excluding hydrogens is 917 g/mol. The van der Waals surface area contributed by atoms with Gasteiger partial charge in [-0.1, -0.05) is 237 Å². The molecule has 0 N–H and O–H groups in total. The van der Waals surface area contributed by atoms with Crippen molar-refractivity contribution < 1.29 is 0 Å². The lowest BCUT2D eigenvalue weighted by Crippen LogP contribution is -2.33. The van der Waals surface area contributed by atoms with Crippen LogP contribution in [0.4, 0.5) is 17.1 Å². The number of rotatable bonds is 5. The Morgan fingerprint density at radius 1 is 0.276 bits per heavy atom. The van der Waals surface area contributed by atoms with Gasteiger partial charge >= 0.3 is 0 Å². The molecule has 0 bridgehead atoms. The monoisotopic (exact) mass is 962 g/mol. The van der Waals surface area contributed by atoms with Crippen LogP contribution in [0.5, 0.6) is 0 Å². The second-order valence-corrected chi connectivity index (χ2v) is 21.0. The van der Waals surface area contributed by atoms with Crippen LogP contribution in [0.15, 0.2) is 279 Å². The SMILES string of the molecule is c1ccc(-c2ccc(-c3ccc(N(c4ccc5c(c4)C4(c6ccccc6-5)c5ccccc5-n5c6ccccc6c6cccc4c65)c4cccc5c4-c4ccccc4C54c5ccccc5-c5ccccc54)cc3)cc2)cc1. The second-order valence-electron chi connectivity index (χ2n) is 21.0. The molecule has 2 nitrogen and oxygen atoms in total. The van der Waals surface area contributed by atoms with Gasteiger partial charge in [0, 0.05) is 27.7 Å². The third-order valence-corrected chi connectivity index (χ3v) is 17.6. The molecule has 17 rings (SSSR count). The summed E-state index contributed by atoms with van der Waals surface area (Å²) >= 11 is 0. The minimum Gasteiger partial charge on any atom is -0.310 e. The number of para-hydroxylation sites is 3. The molecule has 13 aromatic rings. The third kappa shape index (κ3) is 5.25. The first-order chi connectivity index (χ1) is 37.7. The lowest BCUT2D eigenvalue weighted by atomic mass is 9.65. The number of nitrogens with zero attached hydrogens (tertiary/aromatic N) is 2. The van der Waals surface area contributed by atoms with Crippen LogP contribution in [0.1, 0.15) is 44.5 Å². The fourth-order valence-corrected chi connectivity index (χ4v) is 14.7. The molecule has 1 atom stereocenters. The highest BCUT2D eigenvalue weighted by Crippen LogP contribution is 2.66. The van der Waals surface area contributed by atoms with Crippen LogP contribution in [-0.4, -0.2) is 4.57 Å². The highest BCUT2D eigenvalue weighted by Gasteiger charge is 2.54. The van der Waals surface area contributed by atoms with Crippen LogP contribution >= 0.6 is 0 Å². The molecule has 3 aliphatic carbocycles. The highest BCUT2D eigenvalue weighted by molar-refractivity contribution is 6.13. The van der Waals surface area contributed by atoms with Crippen LogP contribution < -0.4 is 4.90 Å². The molecule has 0 fully saturated rings. The summed E-state index contributed by atoms with van der Waals surface area (Å²) in [6, 6.07) is 105. The van der Waals surface area contributed by atoms with Gasteiger partial charge in [-0.3, -0.25) is 0 Å². The van der Waals surface area contributed by atoms with Crippen molar-refractivity contribution >= 4 is 38.9 Å². The first-order valence-electron chi connectivity index (χ1n) is 26.6. The van der Waals surface area contributed by atoms with E-state index < -0.39 is 10.8 Å². The molecule has 4 aliphatic rings. The molecule has 0 saturated carbocycles. The summed E-state index contributed by atoms with van der Waals surface area (Å²) in [5.41, 5.74) is 29.1. The van der Waals surface area contributed by atoms with Crippen molar-refractivity contribution in [2.24, 2.45) is 0 Å². The summed E-state index contributed by atoms with van der Waals surface area (Å²) in [6.07, 6.45) is 0. The molecule has 1 aliphatic heterocycles. The van der Waals surface area contributed by atoms with E-state index >= 15 is 0 Å². The smallest absolute Gasteiger partial charge is 0.0755 e. The van der Waals surface area contributed by atoms with Crippen molar-refractivity contribution in [2.45, 2.75) is 10.8 Å². The summed E-state index contributed by atoms with van der Waals surface area (Å²) in [5, 5.41) is 2.56. The Labute approximate surface area is 441 Å². The quantitative estimate of drug-likeness (QED) is 0.167. The third-order valence-electron chi connectivity index (χ3n) is 17.6. The van der Waals surface area contributed by atoms with E-state index in [1.54, 1.807) is 0 Å². The van der Waals surface area contributed by atoms with Crippen molar-refractivity contribution in [3.05, 3.63) is 324 Å². The maximum atomic E-state index is 2.56. The predicted octanol–water partition coefficient (Wildman–Crippen LogP) is 18.6. The predicted molar refractivity (Wildman–Crippen MR) is 313 cm³/mol. The van der Waals surface area contributed by atoms with Gasteiger partial charge < -0.3 is 9.47 Å². The summed E-state index contributed by atoms with van der Waals surface area (Å²) in [6.45, 7) is 0. The fourth-order valence-electron chi connectivity index (χ4n) is 14.7. The number of anilines is 3. The molecule has 2 spiro atoms. The maximum absolute atomic E-state index is 2.56. The first kappa shape index (κ1) is 41.7. The van der Waals surface area contributed by atoms with Crippen molar-refractivity contribution in [3.8, 4) is 61.3 Å². The normalized spacial score (nSPS) is 15.3. The molecule has 2 heterocycles. The van der Waals surface area contributed by atoms with Gasteiger partial charge in [-0.15, -0.1) is 0 Å². The van der Waals surface area contributed by atoms with E-state index in [1.807, 2.05) is 0 Å². The molecule has 2 heteroatoms. The zero-order chi connectivity index (χ0) is 49.7. The fraction of sp³-hybridized carbons (Fsp3) is 0.0270. The average molecular weight is 963 g/mol. The van der Waals surface area contributed by atoms with Gasteiger partial charge in [-0.25, -0.2) is 0 Å². The van der Waals surface area contributed by atoms with Gasteiger partial charge in [0.1, 0.15) is 0 Å². The Kier molecular flexibility index (Phi) is 8.44. The van der Waals surface area contributed by atoms with Crippen LogP contribution in [0.3, 0.4) is 0 Å². The Balaban J connectivity index is 0.930.